The molecule has 1 amide bonds. The van der Waals surface area contributed by atoms with Crippen LogP contribution in [0.4, 0.5) is 0 Å². The molecular weight excluding hydrogens is 261 g/mol. The van der Waals surface area contributed by atoms with Crippen molar-refractivity contribution < 1.29 is 4.79 Å². The zero-order valence-corrected chi connectivity index (χ0v) is 11.0. The predicted octanol–water partition coefficient (Wildman–Crippen LogP) is 1.82. The van der Waals surface area contributed by atoms with E-state index in [9.17, 15) is 4.79 Å². The smallest absolute Gasteiger partial charge is 0.267 e. The lowest BCUT2D eigenvalue weighted by molar-refractivity contribution is 0.0947. The summed E-state index contributed by atoms with van der Waals surface area (Å²) in [7, 11) is 0. The third-order valence-corrected chi connectivity index (χ3v) is 3.11. The lowest BCUT2D eigenvalue weighted by Crippen LogP contribution is -2.26. The van der Waals surface area contributed by atoms with E-state index in [2.05, 4.69) is 15.6 Å². The Morgan fingerprint density at radius 2 is 2.41 bits per heavy atom. The van der Waals surface area contributed by atoms with Gasteiger partial charge in [0.2, 0.25) is 0 Å². The van der Waals surface area contributed by atoms with Gasteiger partial charge in [-0.3, -0.25) is 4.79 Å². The Morgan fingerprint density at radius 3 is 3.00 bits per heavy atom. The zero-order chi connectivity index (χ0) is 11.4. The number of aromatic nitrogens is 1. The first-order valence-corrected chi connectivity index (χ1v) is 5.96. The summed E-state index contributed by atoms with van der Waals surface area (Å²) in [4.78, 5) is 14.4. The first-order chi connectivity index (χ1) is 7.75. The largest absolute Gasteiger partial charge is 0.356 e. The number of carbonyl (C=O) groups excluding carboxylic acids is 1. The van der Waals surface area contributed by atoms with E-state index in [1.165, 1.54) is 6.42 Å². The standard InChI is InChI=1S/C11H16ClN3O.ClH/c12-9-5-10(15-7-9)11(16)14-4-2-8-1-3-13-6-8;/h5,7-8,13,15H,1-4,6H2,(H,14,16);1H. The van der Waals surface area contributed by atoms with Crippen molar-refractivity contribution >= 4 is 29.9 Å². The van der Waals surface area contributed by atoms with Gasteiger partial charge in [0, 0.05) is 12.7 Å². The molecule has 2 rings (SSSR count). The topological polar surface area (TPSA) is 56.9 Å². The molecule has 0 bridgehead atoms. The van der Waals surface area contributed by atoms with Crippen molar-refractivity contribution in [1.29, 1.82) is 0 Å². The van der Waals surface area contributed by atoms with Gasteiger partial charge in [0.15, 0.2) is 0 Å². The fourth-order valence-electron chi connectivity index (χ4n) is 1.94. The zero-order valence-electron chi connectivity index (χ0n) is 9.46. The summed E-state index contributed by atoms with van der Waals surface area (Å²) in [5.41, 5.74) is 0.523. The Labute approximate surface area is 112 Å². The lowest BCUT2D eigenvalue weighted by Gasteiger charge is -2.08. The molecule has 1 fully saturated rings. The number of hydrogen-bond acceptors (Lipinski definition) is 2. The SMILES string of the molecule is Cl.O=C(NCCC1CCNC1)c1cc(Cl)c[nH]1. The van der Waals surface area contributed by atoms with Gasteiger partial charge >= 0.3 is 0 Å². The second-order valence-corrected chi connectivity index (χ2v) is 4.57. The summed E-state index contributed by atoms with van der Waals surface area (Å²) in [6.07, 6.45) is 3.86. The van der Waals surface area contributed by atoms with Crippen molar-refractivity contribution in [2.24, 2.45) is 5.92 Å². The van der Waals surface area contributed by atoms with E-state index >= 15 is 0 Å². The van der Waals surface area contributed by atoms with Crippen LogP contribution < -0.4 is 10.6 Å². The molecule has 0 saturated carbocycles. The number of halogens is 2. The molecule has 1 saturated heterocycles. The second-order valence-electron chi connectivity index (χ2n) is 4.13. The molecule has 1 aromatic heterocycles. The van der Waals surface area contributed by atoms with Crippen LogP contribution in [0.2, 0.25) is 5.02 Å². The minimum atomic E-state index is -0.0853. The van der Waals surface area contributed by atoms with Crippen LogP contribution in [0.3, 0.4) is 0 Å². The molecule has 6 heteroatoms. The predicted molar refractivity (Wildman–Crippen MR) is 71.0 cm³/mol. The molecule has 0 radical (unpaired) electrons. The summed E-state index contributed by atoms with van der Waals surface area (Å²) in [5.74, 6) is 0.616. The second kappa shape index (κ2) is 6.89. The molecule has 1 aliphatic heterocycles. The van der Waals surface area contributed by atoms with Crippen LogP contribution in [0.25, 0.3) is 0 Å². The highest BCUT2D eigenvalue weighted by molar-refractivity contribution is 6.30. The van der Waals surface area contributed by atoms with Gasteiger partial charge in [-0.05, 0) is 37.9 Å². The van der Waals surface area contributed by atoms with Gasteiger partial charge in [-0.1, -0.05) is 11.6 Å². The van der Waals surface area contributed by atoms with Crippen molar-refractivity contribution in [1.82, 2.24) is 15.6 Å². The number of rotatable bonds is 4. The molecule has 0 spiro atoms. The van der Waals surface area contributed by atoms with E-state index in [0.717, 1.165) is 26.1 Å². The van der Waals surface area contributed by atoms with Gasteiger partial charge < -0.3 is 15.6 Å². The quantitative estimate of drug-likeness (QED) is 0.787. The van der Waals surface area contributed by atoms with Crippen LogP contribution in [-0.4, -0.2) is 30.5 Å². The van der Waals surface area contributed by atoms with Gasteiger partial charge in [0.25, 0.3) is 5.91 Å². The number of carbonyl (C=O) groups is 1. The van der Waals surface area contributed by atoms with Gasteiger partial charge in [0.1, 0.15) is 5.69 Å². The first kappa shape index (κ1) is 14.4. The number of amides is 1. The summed E-state index contributed by atoms with van der Waals surface area (Å²) < 4.78 is 0. The van der Waals surface area contributed by atoms with Gasteiger partial charge in [-0.25, -0.2) is 0 Å². The molecule has 1 aliphatic rings. The molecule has 1 aromatic rings. The van der Waals surface area contributed by atoms with E-state index in [4.69, 9.17) is 11.6 Å². The van der Waals surface area contributed by atoms with Crippen LogP contribution >= 0.6 is 24.0 Å². The minimum absolute atomic E-state index is 0. The van der Waals surface area contributed by atoms with Crippen molar-refractivity contribution in [2.45, 2.75) is 12.8 Å². The molecule has 1 unspecified atom stereocenters. The van der Waals surface area contributed by atoms with Gasteiger partial charge in [-0.2, -0.15) is 0 Å². The highest BCUT2D eigenvalue weighted by Gasteiger charge is 2.14. The molecule has 4 nitrogen and oxygen atoms in total. The highest BCUT2D eigenvalue weighted by atomic mass is 35.5. The fourth-order valence-corrected chi connectivity index (χ4v) is 2.11. The monoisotopic (exact) mass is 277 g/mol. The molecule has 3 N–H and O–H groups in total. The number of nitrogens with one attached hydrogen (secondary N) is 3. The maximum absolute atomic E-state index is 11.6. The Hall–Kier alpha value is -0.710. The fraction of sp³-hybridized carbons (Fsp3) is 0.545. The van der Waals surface area contributed by atoms with Crippen LogP contribution in [-0.2, 0) is 0 Å². The summed E-state index contributed by atoms with van der Waals surface area (Å²) >= 11 is 5.72. The Morgan fingerprint density at radius 1 is 1.59 bits per heavy atom. The van der Waals surface area contributed by atoms with Crippen molar-refractivity contribution in [3.8, 4) is 0 Å². The number of hydrogen-bond donors (Lipinski definition) is 3. The van der Waals surface area contributed by atoms with E-state index < -0.39 is 0 Å². The lowest BCUT2D eigenvalue weighted by atomic mass is 10.1. The average molecular weight is 278 g/mol. The molecule has 0 aliphatic carbocycles. The van der Waals surface area contributed by atoms with E-state index in [1.807, 2.05) is 0 Å². The van der Waals surface area contributed by atoms with Crippen molar-refractivity contribution in [3.63, 3.8) is 0 Å². The van der Waals surface area contributed by atoms with Crippen LogP contribution in [0.15, 0.2) is 12.3 Å². The van der Waals surface area contributed by atoms with E-state index in [1.54, 1.807) is 12.3 Å². The number of H-pyrrole nitrogens is 1. The summed E-state index contributed by atoms with van der Waals surface area (Å²) in [5, 5.41) is 6.75. The molecular formula is C11H17Cl2N3O. The van der Waals surface area contributed by atoms with Crippen molar-refractivity contribution in [3.05, 3.63) is 23.0 Å². The molecule has 17 heavy (non-hydrogen) atoms. The minimum Gasteiger partial charge on any atom is -0.356 e. The van der Waals surface area contributed by atoms with Crippen LogP contribution in [0, 0.1) is 5.92 Å². The summed E-state index contributed by atoms with van der Waals surface area (Å²) in [6, 6.07) is 1.63. The average Bonchev–Trinajstić information content (AvgIpc) is 2.89. The molecule has 1 atom stereocenters. The summed E-state index contributed by atoms with van der Waals surface area (Å²) in [6.45, 7) is 2.90. The highest BCUT2D eigenvalue weighted by Crippen LogP contribution is 2.11. The third kappa shape index (κ3) is 4.22. The van der Waals surface area contributed by atoms with E-state index in [-0.39, 0.29) is 18.3 Å². The van der Waals surface area contributed by atoms with Crippen LogP contribution in [0.1, 0.15) is 23.3 Å². The molecule has 96 valence electrons. The maximum Gasteiger partial charge on any atom is 0.267 e. The molecule has 0 aromatic carbocycles. The Balaban J connectivity index is 0.00000144. The normalized spacial score (nSPS) is 18.8. The first-order valence-electron chi connectivity index (χ1n) is 5.58. The third-order valence-electron chi connectivity index (χ3n) is 2.89. The van der Waals surface area contributed by atoms with Crippen LogP contribution in [0.5, 0.6) is 0 Å². The number of aromatic amines is 1. The van der Waals surface area contributed by atoms with Gasteiger partial charge in [-0.15, -0.1) is 12.4 Å². The molecule has 2 heterocycles. The Bertz CT molecular complexity index is 361. The Kier molecular flexibility index (Phi) is 5.82. The van der Waals surface area contributed by atoms with E-state index in [0.29, 0.717) is 16.6 Å². The van der Waals surface area contributed by atoms with Crippen molar-refractivity contribution in [2.75, 3.05) is 19.6 Å². The maximum atomic E-state index is 11.6. The van der Waals surface area contributed by atoms with Gasteiger partial charge in [0.05, 0.1) is 5.02 Å².